The molecule has 82 valence electrons. The fourth-order valence-electron chi connectivity index (χ4n) is 2.38. The highest BCUT2D eigenvalue weighted by Gasteiger charge is 2.36. The van der Waals surface area contributed by atoms with E-state index >= 15 is 0 Å². The van der Waals surface area contributed by atoms with Crippen molar-refractivity contribution in [2.45, 2.75) is 19.3 Å². The number of hydrogen-bond donors (Lipinski definition) is 0. The second-order valence-electron chi connectivity index (χ2n) is 4.65. The summed E-state index contributed by atoms with van der Waals surface area (Å²) in [5, 5.41) is 0. The van der Waals surface area contributed by atoms with Crippen molar-refractivity contribution in [1.82, 2.24) is 0 Å². The van der Waals surface area contributed by atoms with E-state index in [4.69, 9.17) is 0 Å². The summed E-state index contributed by atoms with van der Waals surface area (Å²) in [4.78, 5) is 0. The first-order valence-corrected chi connectivity index (χ1v) is 6.09. The molecular weight excluding hydrogens is 260 g/mol. The van der Waals surface area contributed by atoms with Gasteiger partial charge in [0, 0.05) is 9.90 Å². The molecule has 0 bridgehead atoms. The molecule has 1 aliphatic carbocycles. The number of allylic oxidation sites excluding steroid dienone is 4. The SMILES string of the molecule is C=C(Br)/C=C1\C(=C)c2ccccc2C1(C)C. The van der Waals surface area contributed by atoms with E-state index in [9.17, 15) is 0 Å². The number of benzene rings is 1. The van der Waals surface area contributed by atoms with E-state index in [1.165, 1.54) is 16.7 Å². The van der Waals surface area contributed by atoms with Crippen LogP contribution in [0.25, 0.3) is 5.57 Å². The molecule has 0 fully saturated rings. The van der Waals surface area contributed by atoms with E-state index in [1.807, 2.05) is 0 Å². The fraction of sp³-hybridized carbons (Fsp3) is 0.200. The largest absolute Gasteiger partial charge is 0.0908 e. The Hall–Kier alpha value is -1.08. The lowest BCUT2D eigenvalue weighted by Crippen LogP contribution is -2.14. The number of halogens is 1. The van der Waals surface area contributed by atoms with Crippen molar-refractivity contribution >= 4 is 21.5 Å². The van der Waals surface area contributed by atoms with Gasteiger partial charge in [0.1, 0.15) is 0 Å². The van der Waals surface area contributed by atoms with Crippen molar-refractivity contribution in [2.75, 3.05) is 0 Å². The summed E-state index contributed by atoms with van der Waals surface area (Å²) in [5.41, 5.74) is 4.98. The number of hydrogen-bond acceptors (Lipinski definition) is 0. The van der Waals surface area contributed by atoms with Crippen molar-refractivity contribution in [3.63, 3.8) is 0 Å². The molecule has 0 atom stereocenters. The maximum Gasteiger partial charge on any atom is 0.0159 e. The molecule has 2 rings (SSSR count). The van der Waals surface area contributed by atoms with Crippen LogP contribution in [0.4, 0.5) is 0 Å². The molecule has 0 heterocycles. The molecular formula is C15H15Br. The first-order valence-electron chi connectivity index (χ1n) is 5.30. The summed E-state index contributed by atoms with van der Waals surface area (Å²) in [5.74, 6) is 0. The molecule has 0 aliphatic heterocycles. The smallest absolute Gasteiger partial charge is 0.0159 e. The van der Waals surface area contributed by atoms with Gasteiger partial charge in [-0.25, -0.2) is 0 Å². The zero-order valence-electron chi connectivity index (χ0n) is 9.68. The minimum Gasteiger partial charge on any atom is -0.0908 e. The topological polar surface area (TPSA) is 0 Å². The van der Waals surface area contributed by atoms with Gasteiger partial charge >= 0.3 is 0 Å². The van der Waals surface area contributed by atoms with Crippen molar-refractivity contribution in [2.24, 2.45) is 0 Å². The molecule has 0 spiro atoms. The van der Waals surface area contributed by atoms with Crippen LogP contribution < -0.4 is 0 Å². The molecule has 0 nitrogen and oxygen atoms in total. The highest BCUT2D eigenvalue weighted by Crippen LogP contribution is 2.49. The average molecular weight is 275 g/mol. The third kappa shape index (κ3) is 1.60. The average Bonchev–Trinajstić information content (AvgIpc) is 2.41. The van der Waals surface area contributed by atoms with Crippen LogP contribution in [0.3, 0.4) is 0 Å². The summed E-state index contributed by atoms with van der Waals surface area (Å²) in [7, 11) is 0. The van der Waals surface area contributed by atoms with Gasteiger partial charge in [-0.05, 0) is 28.3 Å². The molecule has 0 radical (unpaired) electrons. The Bertz CT molecular complexity index is 504. The molecule has 0 aromatic heterocycles. The second-order valence-corrected chi connectivity index (χ2v) is 5.67. The minimum absolute atomic E-state index is 0.0182. The number of fused-ring (bicyclic) bond motifs is 1. The van der Waals surface area contributed by atoms with Gasteiger partial charge < -0.3 is 0 Å². The number of rotatable bonds is 1. The maximum absolute atomic E-state index is 4.20. The molecule has 0 saturated carbocycles. The van der Waals surface area contributed by atoms with E-state index in [0.29, 0.717) is 0 Å². The fourth-order valence-corrected chi connectivity index (χ4v) is 2.61. The quantitative estimate of drug-likeness (QED) is 0.689. The predicted molar refractivity (Wildman–Crippen MR) is 74.7 cm³/mol. The third-order valence-corrected chi connectivity index (χ3v) is 3.45. The first kappa shape index (κ1) is 11.4. The van der Waals surface area contributed by atoms with Gasteiger partial charge in [0.25, 0.3) is 0 Å². The van der Waals surface area contributed by atoms with Gasteiger partial charge in [-0.3, -0.25) is 0 Å². The summed E-state index contributed by atoms with van der Waals surface area (Å²) in [6.07, 6.45) is 2.07. The zero-order valence-corrected chi connectivity index (χ0v) is 11.3. The van der Waals surface area contributed by atoms with E-state index in [2.05, 4.69) is 73.3 Å². The van der Waals surface area contributed by atoms with Gasteiger partial charge in [0.2, 0.25) is 0 Å². The van der Waals surface area contributed by atoms with Crippen LogP contribution in [-0.4, -0.2) is 0 Å². The Labute approximate surface area is 106 Å². The van der Waals surface area contributed by atoms with Crippen LogP contribution in [0.15, 0.2) is 53.6 Å². The Kier molecular flexibility index (Phi) is 2.67. The van der Waals surface area contributed by atoms with Gasteiger partial charge in [0.15, 0.2) is 0 Å². The lowest BCUT2D eigenvalue weighted by Gasteiger charge is -2.21. The van der Waals surface area contributed by atoms with E-state index < -0.39 is 0 Å². The molecule has 0 amide bonds. The first-order chi connectivity index (χ1) is 7.44. The van der Waals surface area contributed by atoms with Crippen molar-refractivity contribution < 1.29 is 0 Å². The lowest BCUT2D eigenvalue weighted by atomic mass is 9.82. The van der Waals surface area contributed by atoms with E-state index in [0.717, 1.165) is 10.1 Å². The van der Waals surface area contributed by atoms with Crippen molar-refractivity contribution in [3.05, 3.63) is 64.7 Å². The summed E-state index contributed by atoms with van der Waals surface area (Å²) >= 11 is 3.40. The molecule has 16 heavy (non-hydrogen) atoms. The van der Waals surface area contributed by atoms with Crippen LogP contribution >= 0.6 is 15.9 Å². The Morgan fingerprint density at radius 2 is 1.94 bits per heavy atom. The Morgan fingerprint density at radius 1 is 1.31 bits per heavy atom. The molecule has 1 aliphatic rings. The van der Waals surface area contributed by atoms with E-state index in [-0.39, 0.29) is 5.41 Å². The van der Waals surface area contributed by atoms with Crippen LogP contribution in [0.1, 0.15) is 25.0 Å². The third-order valence-electron chi connectivity index (χ3n) is 3.22. The standard InChI is InChI=1S/C15H15Br/c1-10(16)9-14-11(2)12-7-5-6-8-13(12)15(14,3)4/h5-9H,1-2H2,3-4H3/b14-9+. The van der Waals surface area contributed by atoms with Gasteiger partial charge in [-0.1, -0.05) is 67.2 Å². The highest BCUT2D eigenvalue weighted by molar-refractivity contribution is 9.11. The monoisotopic (exact) mass is 274 g/mol. The Morgan fingerprint density at radius 3 is 2.50 bits per heavy atom. The summed E-state index contributed by atoms with van der Waals surface area (Å²) in [6, 6.07) is 8.46. The molecule has 1 heteroatoms. The molecule has 0 N–H and O–H groups in total. The lowest BCUT2D eigenvalue weighted by molar-refractivity contribution is 0.661. The minimum atomic E-state index is 0.0182. The van der Waals surface area contributed by atoms with E-state index in [1.54, 1.807) is 0 Å². The van der Waals surface area contributed by atoms with Crippen LogP contribution in [-0.2, 0) is 5.41 Å². The Balaban J connectivity index is 2.66. The second kappa shape index (κ2) is 3.74. The van der Waals surface area contributed by atoms with Crippen LogP contribution in [0, 0.1) is 0 Å². The van der Waals surface area contributed by atoms with Gasteiger partial charge in [-0.2, -0.15) is 0 Å². The zero-order chi connectivity index (χ0) is 11.9. The summed E-state index contributed by atoms with van der Waals surface area (Å²) in [6.45, 7) is 12.5. The van der Waals surface area contributed by atoms with Crippen molar-refractivity contribution in [1.29, 1.82) is 0 Å². The molecule has 1 aromatic carbocycles. The maximum atomic E-state index is 4.20. The molecule has 0 saturated heterocycles. The highest BCUT2D eigenvalue weighted by atomic mass is 79.9. The normalized spacial score (nSPS) is 19.9. The molecule has 1 aromatic rings. The summed E-state index contributed by atoms with van der Waals surface area (Å²) < 4.78 is 0.893. The van der Waals surface area contributed by atoms with Crippen LogP contribution in [0.2, 0.25) is 0 Å². The predicted octanol–water partition coefficient (Wildman–Crippen LogP) is 4.83. The van der Waals surface area contributed by atoms with Gasteiger partial charge in [0.05, 0.1) is 0 Å². The van der Waals surface area contributed by atoms with Gasteiger partial charge in [-0.15, -0.1) is 0 Å². The van der Waals surface area contributed by atoms with Crippen molar-refractivity contribution in [3.8, 4) is 0 Å². The van der Waals surface area contributed by atoms with Crippen LogP contribution in [0.5, 0.6) is 0 Å². The molecule has 0 unspecified atom stereocenters.